The maximum absolute atomic E-state index is 12.2. The fourth-order valence-electron chi connectivity index (χ4n) is 3.65. The normalized spacial score (nSPS) is 14.7. The van der Waals surface area contributed by atoms with Gasteiger partial charge in [0.1, 0.15) is 6.61 Å². The highest BCUT2D eigenvalue weighted by atomic mass is 16.7. The summed E-state index contributed by atoms with van der Waals surface area (Å²) in [7, 11) is 0. The molecule has 0 saturated carbocycles. The third kappa shape index (κ3) is 4.31. The van der Waals surface area contributed by atoms with Gasteiger partial charge in [0, 0.05) is 12.1 Å². The Bertz CT molecular complexity index is 1070. The number of rotatable bonds is 7. The smallest absolute Gasteiger partial charge is 0.334 e. The lowest BCUT2D eigenvalue weighted by molar-refractivity contribution is -0.384. The van der Waals surface area contributed by atoms with E-state index in [4.69, 9.17) is 4.84 Å². The van der Waals surface area contributed by atoms with Crippen LogP contribution in [0.2, 0.25) is 0 Å². The van der Waals surface area contributed by atoms with E-state index in [2.05, 4.69) is 0 Å². The van der Waals surface area contributed by atoms with Gasteiger partial charge in [0.05, 0.1) is 33.4 Å². The topological polar surface area (TPSA) is 130 Å². The lowest BCUT2D eigenvalue weighted by Gasteiger charge is -2.35. The molecule has 9 heteroatoms. The third-order valence-electron chi connectivity index (χ3n) is 5.04. The van der Waals surface area contributed by atoms with Crippen molar-refractivity contribution in [2.45, 2.75) is 26.4 Å². The van der Waals surface area contributed by atoms with Crippen molar-refractivity contribution in [3.05, 3.63) is 98.4 Å². The van der Waals surface area contributed by atoms with Crippen molar-refractivity contribution >= 4 is 17.6 Å². The number of nitro benzene ring substituents is 1. The van der Waals surface area contributed by atoms with Gasteiger partial charge in [-0.2, -0.15) is 0 Å². The zero-order chi connectivity index (χ0) is 22.7. The Kier molecular flexibility index (Phi) is 6.17. The molecule has 31 heavy (non-hydrogen) atoms. The summed E-state index contributed by atoms with van der Waals surface area (Å²) in [6.45, 7) is 3.12. The molecule has 2 aromatic carbocycles. The Labute approximate surface area is 177 Å². The number of allylic oxidation sites excluding steroid dienone is 2. The number of nitrogens with zero attached hydrogens (tertiary/aromatic N) is 2. The molecule has 0 aromatic heterocycles. The van der Waals surface area contributed by atoms with Crippen LogP contribution in [0, 0.1) is 10.1 Å². The van der Waals surface area contributed by atoms with Crippen LogP contribution in [0.5, 0.6) is 0 Å². The van der Waals surface area contributed by atoms with E-state index in [0.717, 1.165) is 5.56 Å². The van der Waals surface area contributed by atoms with Gasteiger partial charge >= 0.3 is 11.9 Å². The SMILES string of the molecule is CC1=C(C(=O)O)C(c2cccc([N+](=O)[O-])c2)C(C(=O)O)=C(C)N1OCc1ccccc1. The summed E-state index contributed by atoms with van der Waals surface area (Å²) < 4.78 is 0. The molecule has 0 aliphatic carbocycles. The van der Waals surface area contributed by atoms with Gasteiger partial charge in [0.2, 0.25) is 0 Å². The minimum Gasteiger partial charge on any atom is -0.478 e. The molecule has 0 atom stereocenters. The van der Waals surface area contributed by atoms with Gasteiger partial charge in [-0.3, -0.25) is 15.0 Å². The molecule has 9 nitrogen and oxygen atoms in total. The largest absolute Gasteiger partial charge is 0.478 e. The Morgan fingerprint density at radius 2 is 1.58 bits per heavy atom. The summed E-state index contributed by atoms with van der Waals surface area (Å²) in [5, 5.41) is 32.2. The van der Waals surface area contributed by atoms with Gasteiger partial charge in [0.15, 0.2) is 0 Å². The highest BCUT2D eigenvalue weighted by molar-refractivity contribution is 5.98. The molecule has 0 saturated heterocycles. The van der Waals surface area contributed by atoms with E-state index in [9.17, 15) is 29.9 Å². The van der Waals surface area contributed by atoms with Crippen LogP contribution in [-0.2, 0) is 21.0 Å². The summed E-state index contributed by atoms with van der Waals surface area (Å²) in [6, 6.07) is 14.5. The molecule has 0 bridgehead atoms. The Hall–Kier alpha value is -3.98. The number of hydroxylamine groups is 2. The van der Waals surface area contributed by atoms with E-state index in [0.29, 0.717) is 0 Å². The number of non-ortho nitro benzene ring substituents is 1. The Balaban J connectivity index is 2.12. The molecule has 0 spiro atoms. The maximum atomic E-state index is 12.2. The van der Waals surface area contributed by atoms with Gasteiger partial charge in [-0.25, -0.2) is 14.7 Å². The van der Waals surface area contributed by atoms with E-state index in [1.807, 2.05) is 30.3 Å². The van der Waals surface area contributed by atoms with Gasteiger partial charge < -0.3 is 10.2 Å². The van der Waals surface area contributed by atoms with Crippen LogP contribution >= 0.6 is 0 Å². The maximum Gasteiger partial charge on any atom is 0.334 e. The van der Waals surface area contributed by atoms with Crippen LogP contribution in [-0.4, -0.2) is 32.1 Å². The van der Waals surface area contributed by atoms with Crippen LogP contribution in [0.3, 0.4) is 0 Å². The number of carbonyl (C=O) groups is 2. The minimum absolute atomic E-state index is 0.0940. The number of hydrogen-bond acceptors (Lipinski definition) is 6. The molecule has 160 valence electrons. The fourth-order valence-corrected chi connectivity index (χ4v) is 3.65. The second kappa shape index (κ2) is 8.80. The molecule has 1 aliphatic heterocycles. The van der Waals surface area contributed by atoms with Crippen molar-refractivity contribution < 1.29 is 29.6 Å². The zero-order valence-electron chi connectivity index (χ0n) is 16.8. The van der Waals surface area contributed by atoms with Crippen LogP contribution in [0.4, 0.5) is 5.69 Å². The fraction of sp³-hybridized carbons (Fsp3) is 0.182. The monoisotopic (exact) mass is 424 g/mol. The molecule has 2 N–H and O–H groups in total. The first-order valence-electron chi connectivity index (χ1n) is 9.31. The first kappa shape index (κ1) is 21.7. The van der Waals surface area contributed by atoms with Crippen LogP contribution in [0.1, 0.15) is 30.9 Å². The Morgan fingerprint density at radius 1 is 1.00 bits per heavy atom. The van der Waals surface area contributed by atoms with E-state index < -0.39 is 22.8 Å². The molecular formula is C22H20N2O7. The first-order chi connectivity index (χ1) is 14.7. The second-order valence-corrected chi connectivity index (χ2v) is 6.95. The van der Waals surface area contributed by atoms with Crippen LogP contribution < -0.4 is 0 Å². The van der Waals surface area contributed by atoms with Crippen LogP contribution in [0.15, 0.2) is 77.1 Å². The lowest BCUT2D eigenvalue weighted by atomic mass is 9.80. The molecular weight excluding hydrogens is 404 g/mol. The van der Waals surface area contributed by atoms with Crippen molar-refractivity contribution in [1.29, 1.82) is 0 Å². The van der Waals surface area contributed by atoms with Crippen molar-refractivity contribution in [1.82, 2.24) is 5.06 Å². The number of carboxylic acid groups (broad SMARTS) is 2. The van der Waals surface area contributed by atoms with E-state index in [-0.39, 0.29) is 40.4 Å². The van der Waals surface area contributed by atoms with E-state index in [1.54, 1.807) is 0 Å². The first-order valence-corrected chi connectivity index (χ1v) is 9.31. The summed E-state index contributed by atoms with van der Waals surface area (Å²) in [6.07, 6.45) is 0. The highest BCUT2D eigenvalue weighted by Crippen LogP contribution is 2.42. The van der Waals surface area contributed by atoms with E-state index in [1.165, 1.54) is 43.2 Å². The summed E-state index contributed by atoms with van der Waals surface area (Å²) in [4.78, 5) is 40.7. The molecule has 0 unspecified atom stereocenters. The van der Waals surface area contributed by atoms with Crippen molar-refractivity contribution in [3.8, 4) is 0 Å². The predicted octanol–water partition coefficient (Wildman–Crippen LogP) is 3.84. The van der Waals surface area contributed by atoms with Gasteiger partial charge in [-0.15, -0.1) is 0 Å². The number of benzene rings is 2. The summed E-state index contributed by atoms with van der Waals surface area (Å²) >= 11 is 0. The van der Waals surface area contributed by atoms with Gasteiger partial charge in [0.25, 0.3) is 5.69 Å². The molecule has 0 radical (unpaired) electrons. The minimum atomic E-state index is -1.34. The van der Waals surface area contributed by atoms with Crippen LogP contribution in [0.25, 0.3) is 0 Å². The number of hydrogen-bond donors (Lipinski definition) is 2. The van der Waals surface area contributed by atoms with Crippen molar-refractivity contribution in [3.63, 3.8) is 0 Å². The van der Waals surface area contributed by atoms with E-state index >= 15 is 0 Å². The number of nitro groups is 1. The average molecular weight is 424 g/mol. The third-order valence-corrected chi connectivity index (χ3v) is 5.04. The number of carboxylic acids is 2. The molecule has 1 heterocycles. The van der Waals surface area contributed by atoms with Crippen molar-refractivity contribution in [2.75, 3.05) is 0 Å². The predicted molar refractivity (Wildman–Crippen MR) is 110 cm³/mol. The summed E-state index contributed by atoms with van der Waals surface area (Å²) in [5.41, 5.74) is 0.700. The molecule has 0 amide bonds. The lowest BCUT2D eigenvalue weighted by Crippen LogP contribution is -2.34. The molecule has 1 aliphatic rings. The second-order valence-electron chi connectivity index (χ2n) is 6.95. The number of aliphatic carboxylic acids is 2. The quantitative estimate of drug-likeness (QED) is 0.506. The van der Waals surface area contributed by atoms with Gasteiger partial charge in [-0.1, -0.05) is 42.5 Å². The highest BCUT2D eigenvalue weighted by Gasteiger charge is 2.40. The van der Waals surface area contributed by atoms with Crippen molar-refractivity contribution in [2.24, 2.45) is 0 Å². The molecule has 2 aromatic rings. The van der Waals surface area contributed by atoms with Gasteiger partial charge in [-0.05, 0) is 25.0 Å². The standard InChI is InChI=1S/C22H20N2O7/c1-13-18(21(25)26)20(16-9-6-10-17(11-16)24(29)30)19(22(27)28)14(2)23(13)31-12-15-7-4-3-5-8-15/h3-11,20H,12H2,1-2H3,(H,25,26)(H,27,28). The molecule has 0 fully saturated rings. The molecule has 3 rings (SSSR count). The Morgan fingerprint density at radius 3 is 2.10 bits per heavy atom. The zero-order valence-corrected chi connectivity index (χ0v) is 16.8. The average Bonchev–Trinajstić information content (AvgIpc) is 2.73. The summed E-state index contributed by atoms with van der Waals surface area (Å²) in [5.74, 6) is -3.88.